The number of halogens is 2. The lowest BCUT2D eigenvalue weighted by molar-refractivity contribution is 0.101. The third-order valence-corrected chi connectivity index (χ3v) is 3.08. The number of rotatable bonds is 3. The summed E-state index contributed by atoms with van der Waals surface area (Å²) >= 11 is 0. The van der Waals surface area contributed by atoms with Crippen molar-refractivity contribution in [2.45, 2.75) is 0 Å². The van der Waals surface area contributed by atoms with Crippen LogP contribution in [0.1, 0.15) is 16.1 Å². The van der Waals surface area contributed by atoms with Gasteiger partial charge < -0.3 is 9.15 Å². The molecular weight excluding hydrogens is 278 g/mol. The Balaban J connectivity index is 2.04. The highest BCUT2D eigenvalue weighted by Gasteiger charge is 2.16. The Morgan fingerprint density at radius 1 is 1.05 bits per heavy atom. The SMILES string of the molecule is COc1ccc2cc(C(=O)c3cc(F)cc(F)c3)oc2c1. The maximum Gasteiger partial charge on any atom is 0.228 e. The summed E-state index contributed by atoms with van der Waals surface area (Å²) in [6.45, 7) is 0. The van der Waals surface area contributed by atoms with Gasteiger partial charge in [-0.3, -0.25) is 4.79 Å². The van der Waals surface area contributed by atoms with E-state index in [0.717, 1.165) is 12.1 Å². The average Bonchev–Trinajstić information content (AvgIpc) is 2.88. The molecule has 0 fully saturated rings. The van der Waals surface area contributed by atoms with Crippen molar-refractivity contribution in [1.29, 1.82) is 0 Å². The number of hydrogen-bond donors (Lipinski definition) is 0. The van der Waals surface area contributed by atoms with Gasteiger partial charge in [0.1, 0.15) is 23.0 Å². The minimum absolute atomic E-state index is 0.0169. The summed E-state index contributed by atoms with van der Waals surface area (Å²) in [5, 5.41) is 0.705. The molecule has 0 N–H and O–H groups in total. The molecule has 0 atom stereocenters. The second-order valence-electron chi connectivity index (χ2n) is 4.50. The normalized spacial score (nSPS) is 10.8. The Kier molecular flexibility index (Phi) is 3.17. The standard InChI is InChI=1S/C16H10F2O3/c1-20-13-3-2-9-6-15(21-14(9)8-13)16(19)10-4-11(17)7-12(18)5-10/h2-8H,1H3. The summed E-state index contributed by atoms with van der Waals surface area (Å²) in [5.41, 5.74) is 0.369. The van der Waals surface area contributed by atoms with Crippen molar-refractivity contribution < 1.29 is 22.7 Å². The maximum absolute atomic E-state index is 13.2. The summed E-state index contributed by atoms with van der Waals surface area (Å²) < 4.78 is 36.8. The number of fused-ring (bicyclic) bond motifs is 1. The maximum atomic E-state index is 13.2. The number of benzene rings is 2. The van der Waals surface area contributed by atoms with Crippen molar-refractivity contribution in [2.75, 3.05) is 7.11 Å². The predicted molar refractivity (Wildman–Crippen MR) is 72.6 cm³/mol. The molecule has 3 rings (SSSR count). The van der Waals surface area contributed by atoms with Crippen molar-refractivity contribution in [3.05, 3.63) is 65.4 Å². The van der Waals surface area contributed by atoms with Crippen molar-refractivity contribution in [2.24, 2.45) is 0 Å². The molecule has 0 unspecified atom stereocenters. The third kappa shape index (κ3) is 2.50. The molecule has 1 heterocycles. The summed E-state index contributed by atoms with van der Waals surface area (Å²) in [6, 6.07) is 9.28. The van der Waals surface area contributed by atoms with Gasteiger partial charge in [0.2, 0.25) is 5.78 Å². The molecule has 0 amide bonds. The van der Waals surface area contributed by atoms with Gasteiger partial charge in [0.25, 0.3) is 0 Å². The van der Waals surface area contributed by atoms with Crippen LogP contribution in [0.2, 0.25) is 0 Å². The highest BCUT2D eigenvalue weighted by atomic mass is 19.1. The lowest BCUT2D eigenvalue weighted by Crippen LogP contribution is -2.01. The molecule has 0 spiro atoms. The molecule has 0 aliphatic rings. The van der Waals surface area contributed by atoms with Crippen molar-refractivity contribution in [3.63, 3.8) is 0 Å². The van der Waals surface area contributed by atoms with Gasteiger partial charge in [-0.1, -0.05) is 0 Å². The smallest absolute Gasteiger partial charge is 0.228 e. The highest BCUT2D eigenvalue weighted by molar-refractivity contribution is 6.09. The molecule has 0 aliphatic carbocycles. The molecule has 21 heavy (non-hydrogen) atoms. The Labute approximate surface area is 118 Å². The van der Waals surface area contributed by atoms with E-state index in [9.17, 15) is 13.6 Å². The molecule has 5 heteroatoms. The first-order chi connectivity index (χ1) is 10.1. The predicted octanol–water partition coefficient (Wildman–Crippen LogP) is 3.95. The molecule has 106 valence electrons. The number of ketones is 1. The van der Waals surface area contributed by atoms with Crippen LogP contribution in [0.15, 0.2) is 46.9 Å². The van der Waals surface area contributed by atoms with Crippen molar-refractivity contribution in [3.8, 4) is 5.75 Å². The first-order valence-electron chi connectivity index (χ1n) is 6.15. The number of hydrogen-bond acceptors (Lipinski definition) is 3. The van der Waals surface area contributed by atoms with Crippen molar-refractivity contribution in [1.82, 2.24) is 0 Å². The van der Waals surface area contributed by atoms with E-state index >= 15 is 0 Å². The minimum atomic E-state index is -0.809. The third-order valence-electron chi connectivity index (χ3n) is 3.08. The van der Waals surface area contributed by atoms with Gasteiger partial charge in [-0.2, -0.15) is 0 Å². The van der Waals surface area contributed by atoms with E-state index in [1.165, 1.54) is 13.2 Å². The number of methoxy groups -OCH3 is 1. The largest absolute Gasteiger partial charge is 0.497 e. The van der Waals surface area contributed by atoms with Crippen LogP contribution in [0, 0.1) is 11.6 Å². The first-order valence-corrected chi connectivity index (χ1v) is 6.15. The van der Waals surface area contributed by atoms with Crippen LogP contribution in [-0.4, -0.2) is 12.9 Å². The van der Waals surface area contributed by atoms with E-state index in [4.69, 9.17) is 9.15 Å². The van der Waals surface area contributed by atoms with E-state index in [1.807, 2.05) is 0 Å². The van der Waals surface area contributed by atoms with Crippen LogP contribution in [0.4, 0.5) is 8.78 Å². The number of furan rings is 1. The molecule has 0 saturated heterocycles. The quantitative estimate of drug-likeness (QED) is 0.685. The topological polar surface area (TPSA) is 39.4 Å². The van der Waals surface area contributed by atoms with Crippen LogP contribution in [0.3, 0.4) is 0 Å². The average molecular weight is 288 g/mol. The summed E-state index contributed by atoms with van der Waals surface area (Å²) in [7, 11) is 1.52. The van der Waals surface area contributed by atoms with Crippen LogP contribution < -0.4 is 4.74 Å². The van der Waals surface area contributed by atoms with Gasteiger partial charge in [-0.15, -0.1) is 0 Å². The molecule has 0 radical (unpaired) electrons. The van der Waals surface area contributed by atoms with Gasteiger partial charge in [-0.25, -0.2) is 8.78 Å². The Bertz CT molecular complexity index is 816. The highest BCUT2D eigenvalue weighted by Crippen LogP contribution is 2.25. The fraction of sp³-hybridized carbons (Fsp3) is 0.0625. The van der Waals surface area contributed by atoms with Crippen LogP contribution in [-0.2, 0) is 0 Å². The van der Waals surface area contributed by atoms with Gasteiger partial charge >= 0.3 is 0 Å². The Morgan fingerprint density at radius 2 is 1.76 bits per heavy atom. The Hall–Kier alpha value is -2.69. The van der Waals surface area contributed by atoms with E-state index in [-0.39, 0.29) is 11.3 Å². The zero-order valence-corrected chi connectivity index (χ0v) is 11.0. The summed E-state index contributed by atoms with van der Waals surface area (Å²) in [5.74, 6) is -1.59. The second-order valence-corrected chi connectivity index (χ2v) is 4.50. The molecule has 3 aromatic rings. The van der Waals surface area contributed by atoms with Crippen molar-refractivity contribution >= 4 is 16.8 Å². The number of ether oxygens (including phenoxy) is 1. The Morgan fingerprint density at radius 3 is 2.43 bits per heavy atom. The molecule has 0 bridgehead atoms. The summed E-state index contributed by atoms with van der Waals surface area (Å²) in [4.78, 5) is 12.2. The molecule has 2 aromatic carbocycles. The number of carbonyl (C=O) groups excluding carboxylic acids is 1. The van der Waals surface area contributed by atoms with E-state index in [0.29, 0.717) is 22.8 Å². The van der Waals surface area contributed by atoms with Gasteiger partial charge in [0, 0.05) is 23.1 Å². The van der Waals surface area contributed by atoms with E-state index < -0.39 is 17.4 Å². The summed E-state index contributed by atoms with van der Waals surface area (Å²) in [6.07, 6.45) is 0. The number of carbonyl (C=O) groups is 1. The van der Waals surface area contributed by atoms with Crippen LogP contribution in [0.25, 0.3) is 11.0 Å². The van der Waals surface area contributed by atoms with Gasteiger partial charge in [0.15, 0.2) is 5.76 Å². The first kappa shape index (κ1) is 13.3. The monoisotopic (exact) mass is 288 g/mol. The van der Waals surface area contributed by atoms with Crippen LogP contribution >= 0.6 is 0 Å². The molecule has 0 aliphatic heterocycles. The second kappa shape index (κ2) is 5.01. The van der Waals surface area contributed by atoms with Gasteiger partial charge in [-0.05, 0) is 30.3 Å². The zero-order chi connectivity index (χ0) is 15.0. The van der Waals surface area contributed by atoms with E-state index in [1.54, 1.807) is 18.2 Å². The minimum Gasteiger partial charge on any atom is -0.497 e. The molecule has 0 saturated carbocycles. The zero-order valence-electron chi connectivity index (χ0n) is 11.0. The van der Waals surface area contributed by atoms with Gasteiger partial charge in [0.05, 0.1) is 7.11 Å². The van der Waals surface area contributed by atoms with Crippen LogP contribution in [0.5, 0.6) is 5.75 Å². The fourth-order valence-corrected chi connectivity index (χ4v) is 2.08. The molecule has 3 nitrogen and oxygen atoms in total. The fourth-order valence-electron chi connectivity index (χ4n) is 2.08. The van der Waals surface area contributed by atoms with E-state index in [2.05, 4.69) is 0 Å². The molecule has 1 aromatic heterocycles. The lowest BCUT2D eigenvalue weighted by Gasteiger charge is -1.98. The molecular formula is C16H10F2O3. The lowest BCUT2D eigenvalue weighted by atomic mass is 10.1.